The molecule has 74 valence electrons. The molecular weight excluding hydrogens is 172 g/mol. The second-order valence-corrected chi connectivity index (χ2v) is 4.02. The summed E-state index contributed by atoms with van der Waals surface area (Å²) in [4.78, 5) is 11.4. The van der Waals surface area contributed by atoms with Crippen molar-refractivity contribution < 1.29 is 19.4 Å². The van der Waals surface area contributed by atoms with Crippen LogP contribution in [0.25, 0.3) is 0 Å². The zero-order chi connectivity index (χ0) is 9.53. The minimum atomic E-state index is -0.710. The molecule has 3 fully saturated rings. The Labute approximate surface area is 76.8 Å². The van der Waals surface area contributed by atoms with E-state index in [1.807, 2.05) is 0 Å². The summed E-state index contributed by atoms with van der Waals surface area (Å²) >= 11 is 0. The Balaban J connectivity index is 2.01. The molecule has 3 rings (SSSR count). The summed E-state index contributed by atoms with van der Waals surface area (Å²) in [6, 6.07) is 0. The monoisotopic (exact) mass is 186 g/mol. The van der Waals surface area contributed by atoms with Crippen LogP contribution in [0.3, 0.4) is 0 Å². The highest BCUT2D eigenvalue weighted by atomic mass is 16.6. The Bertz CT molecular complexity index is 230. The van der Waals surface area contributed by atoms with Gasteiger partial charge < -0.3 is 14.6 Å². The lowest BCUT2D eigenvalue weighted by atomic mass is 9.63. The van der Waals surface area contributed by atoms with E-state index in [4.69, 9.17) is 14.6 Å². The summed E-state index contributed by atoms with van der Waals surface area (Å²) in [6.07, 6.45) is 1.24. The van der Waals surface area contributed by atoms with Crippen LogP contribution in [0, 0.1) is 5.41 Å². The molecule has 0 aromatic rings. The molecule has 2 aliphatic heterocycles. The topological polar surface area (TPSA) is 55.8 Å². The maximum Gasteiger partial charge on any atom is 0.338 e. The second-order valence-electron chi connectivity index (χ2n) is 4.02. The third-order valence-corrected chi connectivity index (χ3v) is 2.96. The third-order valence-electron chi connectivity index (χ3n) is 2.96. The molecule has 1 saturated carbocycles. The second kappa shape index (κ2) is 2.69. The van der Waals surface area contributed by atoms with Gasteiger partial charge in [-0.1, -0.05) is 0 Å². The van der Waals surface area contributed by atoms with Crippen molar-refractivity contribution in [1.82, 2.24) is 0 Å². The zero-order valence-corrected chi connectivity index (χ0v) is 7.71. The molecule has 0 aromatic heterocycles. The van der Waals surface area contributed by atoms with Gasteiger partial charge in [-0.15, -0.1) is 0 Å². The van der Waals surface area contributed by atoms with Gasteiger partial charge in [0.15, 0.2) is 5.60 Å². The largest absolute Gasteiger partial charge is 0.464 e. The van der Waals surface area contributed by atoms with Crippen LogP contribution < -0.4 is 0 Å². The average molecular weight is 186 g/mol. The molecule has 2 heterocycles. The highest BCUT2D eigenvalue weighted by Crippen LogP contribution is 2.57. The van der Waals surface area contributed by atoms with Crippen LogP contribution in [0.5, 0.6) is 0 Å². The minimum absolute atomic E-state index is 0.105. The van der Waals surface area contributed by atoms with Crippen molar-refractivity contribution in [3.05, 3.63) is 0 Å². The van der Waals surface area contributed by atoms with Crippen LogP contribution >= 0.6 is 0 Å². The molecular formula is C9H14O4. The number of esters is 1. The van der Waals surface area contributed by atoms with Gasteiger partial charge in [0.2, 0.25) is 0 Å². The van der Waals surface area contributed by atoms with E-state index in [1.54, 1.807) is 6.92 Å². The molecule has 13 heavy (non-hydrogen) atoms. The molecule has 4 nitrogen and oxygen atoms in total. The molecule has 1 N–H and O–H groups in total. The summed E-state index contributed by atoms with van der Waals surface area (Å²) in [7, 11) is 0. The van der Waals surface area contributed by atoms with E-state index >= 15 is 0 Å². The first-order valence-corrected chi connectivity index (χ1v) is 4.58. The van der Waals surface area contributed by atoms with E-state index in [1.165, 1.54) is 0 Å². The van der Waals surface area contributed by atoms with Crippen molar-refractivity contribution in [2.75, 3.05) is 19.8 Å². The molecule has 1 aliphatic carbocycles. The number of carbonyl (C=O) groups is 1. The van der Waals surface area contributed by atoms with Gasteiger partial charge >= 0.3 is 5.97 Å². The summed E-state index contributed by atoms with van der Waals surface area (Å²) in [6.45, 7) is 2.76. The van der Waals surface area contributed by atoms with Gasteiger partial charge in [0.1, 0.15) is 0 Å². The zero-order valence-electron chi connectivity index (χ0n) is 7.71. The Morgan fingerprint density at radius 2 is 2.31 bits per heavy atom. The first kappa shape index (κ1) is 8.97. The number of aliphatic hydroxyl groups is 1. The highest BCUT2D eigenvalue weighted by molar-refractivity contribution is 5.82. The SMILES string of the molecule is CCOC(=O)C12CC(CO)(CO1)C2. The fourth-order valence-electron chi connectivity index (χ4n) is 2.28. The van der Waals surface area contributed by atoms with Gasteiger partial charge in [0.25, 0.3) is 0 Å². The molecule has 2 bridgehead atoms. The average Bonchev–Trinajstić information content (AvgIpc) is 2.59. The molecule has 0 amide bonds. The standard InChI is InChI=1S/C9H14O4/c1-2-12-7(11)9-3-8(4-9,5-10)6-13-9/h10H,2-6H2,1H3. The van der Waals surface area contributed by atoms with Gasteiger partial charge in [-0.25, -0.2) is 4.79 Å². The van der Waals surface area contributed by atoms with E-state index in [-0.39, 0.29) is 18.0 Å². The fraction of sp³-hybridized carbons (Fsp3) is 0.889. The lowest BCUT2D eigenvalue weighted by molar-refractivity contribution is -0.171. The van der Waals surface area contributed by atoms with E-state index in [0.29, 0.717) is 26.1 Å². The maximum absolute atomic E-state index is 11.4. The number of aliphatic hydroxyl groups excluding tert-OH is 1. The van der Waals surface area contributed by atoms with E-state index in [9.17, 15) is 4.79 Å². The Morgan fingerprint density at radius 3 is 2.77 bits per heavy atom. The van der Waals surface area contributed by atoms with Crippen molar-refractivity contribution in [3.63, 3.8) is 0 Å². The molecule has 0 unspecified atom stereocenters. The Kier molecular flexibility index (Phi) is 1.85. The fourth-order valence-corrected chi connectivity index (χ4v) is 2.28. The molecule has 0 spiro atoms. The summed E-state index contributed by atoms with van der Waals surface area (Å²) < 4.78 is 10.3. The van der Waals surface area contributed by atoms with Gasteiger partial charge in [-0.05, 0) is 19.8 Å². The molecule has 2 saturated heterocycles. The predicted octanol–water partition coefficient (Wildman–Crippen LogP) is 0.0910. The number of hydrogen-bond acceptors (Lipinski definition) is 4. The van der Waals surface area contributed by atoms with Crippen LogP contribution in [0.15, 0.2) is 0 Å². The normalized spacial score (nSPS) is 41.4. The van der Waals surface area contributed by atoms with Crippen LogP contribution in [-0.2, 0) is 14.3 Å². The van der Waals surface area contributed by atoms with Crippen LogP contribution in [0.1, 0.15) is 19.8 Å². The molecule has 0 radical (unpaired) electrons. The number of fused-ring (bicyclic) bond motifs is 1. The van der Waals surface area contributed by atoms with E-state index in [2.05, 4.69) is 0 Å². The van der Waals surface area contributed by atoms with Gasteiger partial charge in [-0.3, -0.25) is 0 Å². The Morgan fingerprint density at radius 1 is 1.62 bits per heavy atom. The molecule has 0 atom stereocenters. The van der Waals surface area contributed by atoms with Gasteiger partial charge in [-0.2, -0.15) is 0 Å². The third kappa shape index (κ3) is 1.09. The van der Waals surface area contributed by atoms with E-state index in [0.717, 1.165) is 0 Å². The Hall–Kier alpha value is -0.610. The van der Waals surface area contributed by atoms with Crippen molar-refractivity contribution in [1.29, 1.82) is 0 Å². The number of rotatable bonds is 3. The van der Waals surface area contributed by atoms with Gasteiger partial charge in [0, 0.05) is 5.41 Å². The van der Waals surface area contributed by atoms with Crippen LogP contribution in [0.4, 0.5) is 0 Å². The minimum Gasteiger partial charge on any atom is -0.464 e. The van der Waals surface area contributed by atoms with Gasteiger partial charge in [0.05, 0.1) is 19.8 Å². The summed E-state index contributed by atoms with van der Waals surface area (Å²) in [5.74, 6) is -0.267. The van der Waals surface area contributed by atoms with E-state index < -0.39 is 5.60 Å². The molecule has 0 aromatic carbocycles. The summed E-state index contributed by atoms with van der Waals surface area (Å²) in [5, 5.41) is 9.06. The first-order valence-electron chi connectivity index (χ1n) is 4.58. The molecule has 4 heteroatoms. The smallest absolute Gasteiger partial charge is 0.338 e. The summed E-state index contributed by atoms with van der Waals surface area (Å²) in [5.41, 5.74) is -0.856. The van der Waals surface area contributed by atoms with Crippen LogP contribution in [0.2, 0.25) is 0 Å². The van der Waals surface area contributed by atoms with Crippen LogP contribution in [-0.4, -0.2) is 36.5 Å². The number of hydrogen-bond donors (Lipinski definition) is 1. The first-order chi connectivity index (χ1) is 6.16. The highest BCUT2D eigenvalue weighted by Gasteiger charge is 2.66. The lowest BCUT2D eigenvalue weighted by Crippen LogP contribution is -2.52. The molecule has 3 aliphatic rings. The van der Waals surface area contributed by atoms with Crippen molar-refractivity contribution in [3.8, 4) is 0 Å². The maximum atomic E-state index is 11.4. The quantitative estimate of drug-likeness (QED) is 0.635. The predicted molar refractivity (Wildman–Crippen MR) is 44.1 cm³/mol. The number of ether oxygens (including phenoxy) is 2. The van der Waals surface area contributed by atoms with Crippen molar-refractivity contribution in [2.45, 2.75) is 25.4 Å². The number of carbonyl (C=O) groups excluding carboxylic acids is 1. The lowest BCUT2D eigenvalue weighted by Gasteiger charge is -2.41. The van der Waals surface area contributed by atoms with Crippen molar-refractivity contribution in [2.24, 2.45) is 5.41 Å². The van der Waals surface area contributed by atoms with Crippen molar-refractivity contribution >= 4 is 5.97 Å².